The Kier molecular flexibility index (Phi) is 8.09. The third-order valence-corrected chi connectivity index (χ3v) is 5.59. The molecule has 2 aromatic rings. The number of nitrogens with zero attached hydrogens (tertiary/aromatic N) is 2. The Balaban J connectivity index is 1.81. The summed E-state index contributed by atoms with van der Waals surface area (Å²) >= 11 is 0. The van der Waals surface area contributed by atoms with Crippen LogP contribution in [-0.4, -0.2) is 53.4 Å². The molecule has 0 radical (unpaired) electrons. The lowest BCUT2D eigenvalue weighted by molar-refractivity contribution is -0.148. The summed E-state index contributed by atoms with van der Waals surface area (Å²) in [5.74, 6) is -0.482. The van der Waals surface area contributed by atoms with E-state index >= 15 is 0 Å². The van der Waals surface area contributed by atoms with Crippen molar-refractivity contribution in [2.45, 2.75) is 37.7 Å². The molecule has 5 nitrogen and oxygen atoms in total. The molecule has 0 bridgehead atoms. The van der Waals surface area contributed by atoms with Gasteiger partial charge in [-0.25, -0.2) is 0 Å². The molecule has 0 saturated carbocycles. The first-order chi connectivity index (χ1) is 16.0. The standard InChI is InChI=1S/C23H26F6N4O/c24-22(25,26)14-33-9-1-2-18(13-33)32-20(5-7-30)19-12-31-8-6-15(19)10-16-3-4-17(11-21(16)34)23(27,28)29/h3-6,8,11-12,18,32,34H,1-2,7,9-10,13-14,30H2/b20-5+. The maximum atomic E-state index is 12.9. The van der Waals surface area contributed by atoms with Crippen LogP contribution in [0.2, 0.25) is 0 Å². The van der Waals surface area contributed by atoms with Gasteiger partial charge in [0.25, 0.3) is 0 Å². The number of halogens is 6. The molecule has 11 heteroatoms. The van der Waals surface area contributed by atoms with Gasteiger partial charge in [0.2, 0.25) is 0 Å². The van der Waals surface area contributed by atoms with E-state index in [1.165, 1.54) is 17.2 Å². The summed E-state index contributed by atoms with van der Waals surface area (Å²) in [5.41, 5.74) is 6.93. The summed E-state index contributed by atoms with van der Waals surface area (Å²) in [6, 6.07) is 4.24. The van der Waals surface area contributed by atoms with Crippen molar-refractivity contribution in [2.75, 3.05) is 26.2 Å². The van der Waals surface area contributed by atoms with E-state index in [1.807, 2.05) is 0 Å². The van der Waals surface area contributed by atoms with Gasteiger partial charge >= 0.3 is 12.4 Å². The van der Waals surface area contributed by atoms with Crippen molar-refractivity contribution in [1.29, 1.82) is 0 Å². The predicted molar refractivity (Wildman–Crippen MR) is 116 cm³/mol. The molecule has 4 N–H and O–H groups in total. The highest BCUT2D eigenvalue weighted by Gasteiger charge is 2.33. The fourth-order valence-electron chi connectivity index (χ4n) is 4.07. The van der Waals surface area contributed by atoms with Crippen LogP contribution >= 0.6 is 0 Å². The van der Waals surface area contributed by atoms with Crippen LogP contribution in [0.1, 0.15) is 35.1 Å². The van der Waals surface area contributed by atoms with Crippen LogP contribution in [0.5, 0.6) is 5.75 Å². The topological polar surface area (TPSA) is 74.4 Å². The smallest absolute Gasteiger partial charge is 0.416 e. The maximum absolute atomic E-state index is 12.9. The van der Waals surface area contributed by atoms with Gasteiger partial charge < -0.3 is 16.2 Å². The van der Waals surface area contributed by atoms with E-state index in [0.717, 1.165) is 6.07 Å². The number of phenols is 1. The van der Waals surface area contributed by atoms with E-state index in [2.05, 4.69) is 10.3 Å². The Bertz CT molecular complexity index is 1010. The molecule has 1 atom stereocenters. The van der Waals surface area contributed by atoms with E-state index in [-0.39, 0.29) is 25.6 Å². The number of nitrogens with two attached hydrogens (primary N) is 1. The van der Waals surface area contributed by atoms with Gasteiger partial charge in [-0.3, -0.25) is 9.88 Å². The van der Waals surface area contributed by atoms with Crippen LogP contribution in [0.25, 0.3) is 5.70 Å². The van der Waals surface area contributed by atoms with Crippen LogP contribution in [0.15, 0.2) is 42.7 Å². The van der Waals surface area contributed by atoms with Crippen LogP contribution in [0.4, 0.5) is 26.3 Å². The fourth-order valence-corrected chi connectivity index (χ4v) is 4.07. The van der Waals surface area contributed by atoms with Crippen LogP contribution < -0.4 is 11.1 Å². The number of pyridine rings is 1. The number of hydrogen-bond acceptors (Lipinski definition) is 5. The lowest BCUT2D eigenvalue weighted by Gasteiger charge is -2.34. The maximum Gasteiger partial charge on any atom is 0.416 e. The highest BCUT2D eigenvalue weighted by Crippen LogP contribution is 2.34. The van der Waals surface area contributed by atoms with E-state index in [9.17, 15) is 31.4 Å². The molecule has 34 heavy (non-hydrogen) atoms. The van der Waals surface area contributed by atoms with Crippen molar-refractivity contribution in [3.8, 4) is 5.75 Å². The molecule has 2 heterocycles. The Hall–Kier alpha value is -2.79. The quantitative estimate of drug-likeness (QED) is 0.507. The van der Waals surface area contributed by atoms with Gasteiger partial charge in [-0.05, 0) is 54.8 Å². The molecule has 186 valence electrons. The highest BCUT2D eigenvalue weighted by molar-refractivity contribution is 5.67. The molecule has 1 aliphatic rings. The van der Waals surface area contributed by atoms with E-state index in [0.29, 0.717) is 47.8 Å². The summed E-state index contributed by atoms with van der Waals surface area (Å²) in [5, 5.41) is 13.4. The molecule has 1 unspecified atom stereocenters. The zero-order valence-electron chi connectivity index (χ0n) is 18.3. The van der Waals surface area contributed by atoms with Crippen LogP contribution in [-0.2, 0) is 12.6 Å². The average Bonchev–Trinajstić information content (AvgIpc) is 2.73. The van der Waals surface area contributed by atoms with Crippen molar-refractivity contribution in [1.82, 2.24) is 15.2 Å². The Morgan fingerprint density at radius 1 is 1.18 bits per heavy atom. The fraction of sp³-hybridized carbons (Fsp3) is 0.435. The van der Waals surface area contributed by atoms with Crippen molar-refractivity contribution < 1.29 is 31.4 Å². The Labute approximate surface area is 193 Å². The largest absolute Gasteiger partial charge is 0.508 e. The number of benzene rings is 1. The molecule has 1 aliphatic heterocycles. The number of phenolic OH excluding ortho intramolecular Hbond substituents is 1. The first-order valence-corrected chi connectivity index (χ1v) is 10.7. The van der Waals surface area contributed by atoms with Gasteiger partial charge in [0.15, 0.2) is 0 Å². The van der Waals surface area contributed by atoms with E-state index < -0.39 is 30.2 Å². The average molecular weight is 488 g/mol. The van der Waals surface area contributed by atoms with E-state index in [4.69, 9.17) is 5.73 Å². The van der Waals surface area contributed by atoms with Crippen LogP contribution in [0.3, 0.4) is 0 Å². The first-order valence-electron chi connectivity index (χ1n) is 10.7. The molecule has 0 amide bonds. The number of piperidine rings is 1. The number of aromatic nitrogens is 1. The predicted octanol–water partition coefficient (Wildman–Crippen LogP) is 4.31. The molecule has 1 aromatic heterocycles. The Morgan fingerprint density at radius 2 is 1.94 bits per heavy atom. The molecular weight excluding hydrogens is 462 g/mol. The van der Waals surface area contributed by atoms with Crippen molar-refractivity contribution in [3.63, 3.8) is 0 Å². The second-order valence-electron chi connectivity index (χ2n) is 8.24. The van der Waals surface area contributed by atoms with E-state index in [1.54, 1.807) is 18.3 Å². The van der Waals surface area contributed by atoms with Gasteiger partial charge in [0.05, 0.1) is 12.1 Å². The summed E-state index contributed by atoms with van der Waals surface area (Å²) < 4.78 is 77.2. The summed E-state index contributed by atoms with van der Waals surface area (Å²) in [6.07, 6.45) is -2.69. The number of alkyl halides is 6. The zero-order chi connectivity index (χ0) is 24.9. The van der Waals surface area contributed by atoms with Gasteiger partial charge in [-0.1, -0.05) is 6.07 Å². The van der Waals surface area contributed by atoms with Gasteiger partial charge in [0.1, 0.15) is 5.75 Å². The Morgan fingerprint density at radius 3 is 2.59 bits per heavy atom. The minimum atomic E-state index is -4.57. The highest BCUT2D eigenvalue weighted by atomic mass is 19.4. The molecule has 1 saturated heterocycles. The molecule has 3 rings (SSSR count). The van der Waals surface area contributed by atoms with Gasteiger partial charge in [-0.2, -0.15) is 26.3 Å². The molecule has 0 spiro atoms. The number of nitrogens with one attached hydrogen (secondary N) is 1. The normalized spacial score (nSPS) is 18.2. The minimum absolute atomic E-state index is 0.121. The van der Waals surface area contributed by atoms with Crippen molar-refractivity contribution in [2.24, 2.45) is 5.73 Å². The minimum Gasteiger partial charge on any atom is -0.508 e. The number of aromatic hydroxyl groups is 1. The third-order valence-electron chi connectivity index (χ3n) is 5.59. The summed E-state index contributed by atoms with van der Waals surface area (Å²) in [4.78, 5) is 5.48. The zero-order valence-corrected chi connectivity index (χ0v) is 18.3. The SMILES string of the molecule is NC/C=C(/NC1CCCN(CC(F)(F)F)C1)c1cnccc1Cc1ccc(C(F)(F)F)cc1O. The van der Waals surface area contributed by atoms with Gasteiger partial charge in [0, 0.05) is 49.2 Å². The number of rotatable bonds is 7. The second kappa shape index (κ2) is 10.6. The molecular formula is C23H26F6N4O. The van der Waals surface area contributed by atoms with Crippen molar-refractivity contribution >= 4 is 5.70 Å². The van der Waals surface area contributed by atoms with Crippen LogP contribution in [0, 0.1) is 0 Å². The molecule has 1 fully saturated rings. The lowest BCUT2D eigenvalue weighted by atomic mass is 9.97. The summed E-state index contributed by atoms with van der Waals surface area (Å²) in [7, 11) is 0. The number of likely N-dealkylation sites (tertiary alicyclic amines) is 1. The third kappa shape index (κ3) is 7.10. The first kappa shape index (κ1) is 25.8. The molecule has 0 aliphatic carbocycles. The number of hydrogen-bond donors (Lipinski definition) is 3. The van der Waals surface area contributed by atoms with Crippen molar-refractivity contribution in [3.05, 3.63) is 65.0 Å². The van der Waals surface area contributed by atoms with Gasteiger partial charge in [-0.15, -0.1) is 0 Å². The second-order valence-corrected chi connectivity index (χ2v) is 8.24. The lowest BCUT2D eigenvalue weighted by Crippen LogP contribution is -2.48. The summed E-state index contributed by atoms with van der Waals surface area (Å²) in [6.45, 7) is -0.261. The molecule has 1 aromatic carbocycles. The monoisotopic (exact) mass is 488 g/mol.